The van der Waals surface area contributed by atoms with Crippen molar-refractivity contribution in [1.29, 1.82) is 0 Å². The van der Waals surface area contributed by atoms with Crippen molar-refractivity contribution in [2.75, 3.05) is 31.2 Å². The first-order valence-corrected chi connectivity index (χ1v) is 12.0. The summed E-state index contributed by atoms with van der Waals surface area (Å²) >= 11 is 0. The van der Waals surface area contributed by atoms with Crippen molar-refractivity contribution in [2.45, 2.75) is 45.7 Å². The van der Waals surface area contributed by atoms with E-state index in [-0.39, 0.29) is 5.41 Å². The van der Waals surface area contributed by atoms with E-state index in [4.69, 9.17) is 14.7 Å². The molecule has 34 heavy (non-hydrogen) atoms. The first kappa shape index (κ1) is 21.7. The lowest BCUT2D eigenvalue weighted by molar-refractivity contribution is -0.105. The first-order chi connectivity index (χ1) is 16.3. The number of ether oxygens (including phenoxy) is 1. The zero-order valence-electron chi connectivity index (χ0n) is 19.7. The van der Waals surface area contributed by atoms with E-state index in [1.54, 1.807) is 0 Å². The molecule has 8 heteroatoms. The highest BCUT2D eigenvalue weighted by Gasteiger charge is 2.33. The largest absolute Gasteiger partial charge is 0.380 e. The summed E-state index contributed by atoms with van der Waals surface area (Å²) in [7, 11) is 0. The highest BCUT2D eigenvalue weighted by molar-refractivity contribution is 5.93. The number of aromatic nitrogens is 3. The van der Waals surface area contributed by atoms with Crippen LogP contribution in [-0.2, 0) is 11.2 Å². The Balaban J connectivity index is 1.54. The van der Waals surface area contributed by atoms with Crippen LogP contribution in [0.1, 0.15) is 32.9 Å². The van der Waals surface area contributed by atoms with Gasteiger partial charge in [-0.25, -0.2) is 18.7 Å². The molecular weight excluding hydrogens is 436 g/mol. The predicted molar refractivity (Wildman–Crippen MR) is 129 cm³/mol. The minimum Gasteiger partial charge on any atom is -0.380 e. The first-order valence-electron chi connectivity index (χ1n) is 12.0. The quantitative estimate of drug-likeness (QED) is 0.482. The lowest BCUT2D eigenvalue weighted by atomic mass is 9.83. The topological polar surface area (TPSA) is 54.7 Å². The van der Waals surface area contributed by atoms with Gasteiger partial charge in [0.1, 0.15) is 11.3 Å². The van der Waals surface area contributed by atoms with Crippen LogP contribution < -0.4 is 10.2 Å². The van der Waals surface area contributed by atoms with E-state index in [2.05, 4.69) is 31.0 Å². The summed E-state index contributed by atoms with van der Waals surface area (Å²) in [4.78, 5) is 12.3. The normalized spacial score (nSPS) is 22.6. The maximum atomic E-state index is 14.3. The minimum absolute atomic E-state index is 0.148. The number of rotatable bonds is 4. The molecule has 4 aromatic rings. The monoisotopic (exact) mass is 465 g/mol. The predicted octanol–water partition coefficient (Wildman–Crippen LogP) is 4.47. The third-order valence-electron chi connectivity index (χ3n) is 7.19. The fourth-order valence-corrected chi connectivity index (χ4v) is 5.42. The van der Waals surface area contributed by atoms with Crippen molar-refractivity contribution in [2.24, 2.45) is 5.41 Å². The van der Waals surface area contributed by atoms with Crippen LogP contribution in [0.15, 0.2) is 30.3 Å². The average Bonchev–Trinajstić information content (AvgIpc) is 3.14. The Morgan fingerprint density at radius 3 is 2.47 bits per heavy atom. The molecule has 2 saturated heterocycles. The number of hydrogen-bond acceptors (Lipinski definition) is 5. The van der Waals surface area contributed by atoms with Gasteiger partial charge in [0.2, 0.25) is 0 Å². The molecule has 2 atom stereocenters. The van der Waals surface area contributed by atoms with E-state index in [9.17, 15) is 8.78 Å². The maximum Gasteiger partial charge on any atom is 0.166 e. The summed E-state index contributed by atoms with van der Waals surface area (Å²) in [6, 6.07) is 9.15. The van der Waals surface area contributed by atoms with E-state index in [0.29, 0.717) is 28.6 Å². The summed E-state index contributed by atoms with van der Waals surface area (Å²) < 4.78 is 35.8. The number of aryl methyl sites for hydroxylation is 1. The second-order valence-corrected chi connectivity index (χ2v) is 10.4. The molecule has 5 heterocycles. The number of nitrogens with zero attached hydrogens (tertiary/aromatic N) is 4. The molecule has 6 rings (SSSR count). The number of halogens is 2. The molecule has 0 spiro atoms. The second-order valence-electron chi connectivity index (χ2n) is 10.4. The van der Waals surface area contributed by atoms with Gasteiger partial charge in [-0.1, -0.05) is 6.92 Å². The lowest BCUT2D eigenvalue weighted by Crippen LogP contribution is -2.54. The smallest absolute Gasteiger partial charge is 0.166 e. The maximum absolute atomic E-state index is 14.3. The van der Waals surface area contributed by atoms with Crippen LogP contribution in [0.4, 0.5) is 14.6 Å². The van der Waals surface area contributed by atoms with E-state index < -0.39 is 11.6 Å². The van der Waals surface area contributed by atoms with Gasteiger partial charge in [0, 0.05) is 42.0 Å². The van der Waals surface area contributed by atoms with Gasteiger partial charge in [0.25, 0.3) is 0 Å². The minimum atomic E-state index is -0.862. The van der Waals surface area contributed by atoms with E-state index in [1.807, 2.05) is 22.6 Å². The number of hydrogen-bond donors (Lipinski definition) is 1. The van der Waals surface area contributed by atoms with Crippen LogP contribution >= 0.6 is 0 Å². The zero-order valence-corrected chi connectivity index (χ0v) is 19.7. The number of nitrogens with one attached hydrogen (secondary N) is 1. The third-order valence-corrected chi connectivity index (χ3v) is 7.19. The Morgan fingerprint density at radius 1 is 1.03 bits per heavy atom. The molecule has 0 bridgehead atoms. The molecule has 2 fully saturated rings. The van der Waals surface area contributed by atoms with Gasteiger partial charge in [0.05, 0.1) is 29.9 Å². The van der Waals surface area contributed by atoms with Crippen molar-refractivity contribution in [3.05, 3.63) is 47.7 Å². The Morgan fingerprint density at radius 2 is 1.76 bits per heavy atom. The average molecular weight is 466 g/mol. The van der Waals surface area contributed by atoms with Crippen molar-refractivity contribution < 1.29 is 13.5 Å². The third kappa shape index (κ3) is 3.60. The number of benzene rings is 1. The molecule has 0 radical (unpaired) electrons. The molecule has 2 aliphatic heterocycles. The van der Waals surface area contributed by atoms with Crippen molar-refractivity contribution in [3.63, 3.8) is 0 Å². The van der Waals surface area contributed by atoms with Gasteiger partial charge in [-0.2, -0.15) is 0 Å². The fraction of sp³-hybridized carbons (Fsp3) is 0.462. The van der Waals surface area contributed by atoms with E-state index in [0.717, 1.165) is 61.7 Å². The SMILES string of the molecule is C[C@@H]1CN(c2ccc3nc(CCC4(C)COC4)c4cc5cc(F)c(F)cc5n4c3n2)C[C@H](C)N1. The van der Waals surface area contributed by atoms with Crippen LogP contribution in [0.2, 0.25) is 0 Å². The number of pyridine rings is 1. The Hall–Kier alpha value is -2.84. The van der Waals surface area contributed by atoms with Crippen LogP contribution in [0.5, 0.6) is 0 Å². The molecule has 178 valence electrons. The second kappa shape index (κ2) is 7.85. The Kier molecular flexibility index (Phi) is 5.00. The number of fused-ring (bicyclic) bond motifs is 5. The van der Waals surface area contributed by atoms with Crippen LogP contribution in [0.25, 0.3) is 27.6 Å². The lowest BCUT2D eigenvalue weighted by Gasteiger charge is -2.38. The highest BCUT2D eigenvalue weighted by atomic mass is 19.2. The molecule has 1 N–H and O–H groups in total. The fourth-order valence-electron chi connectivity index (χ4n) is 5.42. The van der Waals surface area contributed by atoms with E-state index >= 15 is 0 Å². The van der Waals surface area contributed by atoms with Gasteiger partial charge < -0.3 is 15.0 Å². The Bertz CT molecular complexity index is 1400. The molecule has 0 aliphatic carbocycles. The standard InChI is InChI=1S/C26H29F2N5O/c1-15-11-32(12-16(2)29-15)24-5-4-21-25(31-24)33-22-10-19(28)18(27)8-17(22)9-23(33)20(30-21)6-7-26(3)13-34-14-26/h4-5,8-10,15-16,29H,6-7,11-14H2,1-3H3/t15-,16+. The van der Waals surface area contributed by atoms with Crippen LogP contribution in [-0.4, -0.2) is 52.8 Å². The molecule has 0 amide bonds. The molecule has 0 unspecified atom stereocenters. The molecular formula is C26H29F2N5O. The Labute approximate surface area is 196 Å². The number of anilines is 1. The van der Waals surface area contributed by atoms with Crippen molar-refractivity contribution in [3.8, 4) is 0 Å². The van der Waals surface area contributed by atoms with Crippen molar-refractivity contribution >= 4 is 33.4 Å². The van der Waals surface area contributed by atoms with Crippen LogP contribution in [0.3, 0.4) is 0 Å². The molecule has 2 aliphatic rings. The summed E-state index contributed by atoms with van der Waals surface area (Å²) in [6.45, 7) is 9.76. The van der Waals surface area contributed by atoms with Gasteiger partial charge in [0.15, 0.2) is 17.3 Å². The van der Waals surface area contributed by atoms with Gasteiger partial charge in [-0.05, 0) is 51.0 Å². The van der Waals surface area contributed by atoms with Gasteiger partial charge in [-0.15, -0.1) is 0 Å². The molecule has 3 aromatic heterocycles. The summed E-state index contributed by atoms with van der Waals surface area (Å²) in [5, 5.41) is 4.19. The van der Waals surface area contributed by atoms with E-state index in [1.165, 1.54) is 12.1 Å². The van der Waals surface area contributed by atoms with Crippen molar-refractivity contribution in [1.82, 2.24) is 19.7 Å². The summed E-state index contributed by atoms with van der Waals surface area (Å²) in [6.07, 6.45) is 1.70. The highest BCUT2D eigenvalue weighted by Crippen LogP contribution is 2.34. The molecule has 1 aromatic carbocycles. The summed E-state index contributed by atoms with van der Waals surface area (Å²) in [5.74, 6) is -0.843. The van der Waals surface area contributed by atoms with Crippen LogP contribution in [0, 0.1) is 17.0 Å². The van der Waals surface area contributed by atoms with Gasteiger partial charge >= 0.3 is 0 Å². The van der Waals surface area contributed by atoms with Gasteiger partial charge in [-0.3, -0.25) is 4.40 Å². The summed E-state index contributed by atoms with van der Waals surface area (Å²) in [5.41, 5.74) is 3.93. The molecule has 6 nitrogen and oxygen atoms in total. The zero-order chi connectivity index (χ0) is 23.6. The number of piperazine rings is 1. The molecule has 0 saturated carbocycles.